The molecule has 2 N–H and O–H groups in total. The van der Waals surface area contributed by atoms with Crippen LogP contribution in [0.25, 0.3) is 0 Å². The van der Waals surface area contributed by atoms with E-state index in [0.29, 0.717) is 5.56 Å². The molecular formula is C23H28N4O. The Bertz CT molecular complexity index is 841. The minimum atomic E-state index is -0.108. The minimum absolute atomic E-state index is 0.0302. The van der Waals surface area contributed by atoms with Crippen molar-refractivity contribution >= 4 is 11.7 Å². The molecule has 146 valence electrons. The number of nitriles is 1. The van der Waals surface area contributed by atoms with E-state index in [0.717, 1.165) is 37.2 Å². The Morgan fingerprint density at radius 2 is 1.71 bits per heavy atom. The highest BCUT2D eigenvalue weighted by Gasteiger charge is 2.21. The van der Waals surface area contributed by atoms with E-state index in [2.05, 4.69) is 53.6 Å². The second kappa shape index (κ2) is 8.79. The smallest absolute Gasteiger partial charge is 0.315 e. The molecule has 1 atom stereocenters. The summed E-state index contributed by atoms with van der Waals surface area (Å²) in [6, 6.07) is 16.2. The van der Waals surface area contributed by atoms with Crippen LogP contribution in [-0.4, -0.2) is 25.2 Å². The van der Waals surface area contributed by atoms with Gasteiger partial charge in [0.1, 0.15) is 0 Å². The van der Waals surface area contributed by atoms with Crippen LogP contribution in [0.2, 0.25) is 0 Å². The van der Waals surface area contributed by atoms with Crippen molar-refractivity contribution < 1.29 is 4.79 Å². The summed E-state index contributed by atoms with van der Waals surface area (Å²) in [5, 5.41) is 15.1. The lowest BCUT2D eigenvalue weighted by atomic mass is 10.0. The van der Waals surface area contributed by atoms with Crippen LogP contribution in [0, 0.1) is 25.2 Å². The third kappa shape index (κ3) is 5.04. The zero-order valence-electron chi connectivity index (χ0n) is 16.8. The average molecular weight is 377 g/mol. The molecule has 1 aliphatic heterocycles. The van der Waals surface area contributed by atoms with Gasteiger partial charge in [0.05, 0.1) is 17.7 Å². The van der Waals surface area contributed by atoms with Crippen molar-refractivity contribution in [2.24, 2.45) is 0 Å². The number of carbonyl (C=O) groups excluding carboxylic acids is 1. The summed E-state index contributed by atoms with van der Waals surface area (Å²) in [7, 11) is 0. The molecule has 2 aromatic carbocycles. The molecule has 1 saturated heterocycles. The van der Waals surface area contributed by atoms with Crippen molar-refractivity contribution in [1.29, 1.82) is 5.26 Å². The molecule has 0 radical (unpaired) electrons. The summed E-state index contributed by atoms with van der Waals surface area (Å²) in [6.07, 6.45) is 1.82. The first-order valence-electron chi connectivity index (χ1n) is 9.85. The number of nitrogens with one attached hydrogen (secondary N) is 2. The highest BCUT2D eigenvalue weighted by atomic mass is 16.2. The van der Waals surface area contributed by atoms with E-state index in [1.165, 1.54) is 11.1 Å². The summed E-state index contributed by atoms with van der Waals surface area (Å²) >= 11 is 0. The van der Waals surface area contributed by atoms with Crippen LogP contribution >= 0.6 is 0 Å². The van der Waals surface area contributed by atoms with Gasteiger partial charge in [-0.05, 0) is 63.4 Å². The molecule has 0 aliphatic carbocycles. The molecule has 28 heavy (non-hydrogen) atoms. The van der Waals surface area contributed by atoms with E-state index in [4.69, 9.17) is 5.26 Å². The van der Waals surface area contributed by atoms with E-state index in [1.807, 2.05) is 31.2 Å². The molecule has 0 bridgehead atoms. The highest BCUT2D eigenvalue weighted by molar-refractivity contribution is 5.74. The number of piperidine rings is 1. The molecule has 1 heterocycles. The van der Waals surface area contributed by atoms with Crippen molar-refractivity contribution in [3.8, 4) is 6.07 Å². The molecule has 1 fully saturated rings. The van der Waals surface area contributed by atoms with Gasteiger partial charge in [-0.1, -0.05) is 29.3 Å². The minimum Gasteiger partial charge on any atom is -0.371 e. The zero-order chi connectivity index (χ0) is 20.1. The number of anilines is 1. The fraction of sp³-hybridized carbons (Fsp3) is 0.391. The molecule has 0 aromatic heterocycles. The fourth-order valence-electron chi connectivity index (χ4n) is 3.80. The van der Waals surface area contributed by atoms with E-state index >= 15 is 0 Å². The monoisotopic (exact) mass is 376 g/mol. The van der Waals surface area contributed by atoms with E-state index in [-0.39, 0.29) is 18.1 Å². The summed E-state index contributed by atoms with van der Waals surface area (Å²) in [6.45, 7) is 7.95. The summed E-state index contributed by atoms with van der Waals surface area (Å²) in [5.74, 6) is 0. The zero-order valence-corrected chi connectivity index (χ0v) is 16.8. The van der Waals surface area contributed by atoms with Gasteiger partial charge < -0.3 is 15.5 Å². The van der Waals surface area contributed by atoms with Gasteiger partial charge in [-0.15, -0.1) is 0 Å². The Morgan fingerprint density at radius 1 is 1.11 bits per heavy atom. The number of nitrogens with zero attached hydrogens (tertiary/aromatic N) is 2. The third-order valence-electron chi connectivity index (χ3n) is 5.28. The van der Waals surface area contributed by atoms with Gasteiger partial charge in [-0.2, -0.15) is 5.26 Å². The Labute approximate surface area is 167 Å². The van der Waals surface area contributed by atoms with Crippen LogP contribution in [0.15, 0.2) is 42.5 Å². The predicted octanol–water partition coefficient (Wildman–Crippen LogP) is 4.20. The number of hydrogen-bond donors (Lipinski definition) is 2. The molecule has 5 nitrogen and oxygen atoms in total. The second-order valence-electron chi connectivity index (χ2n) is 7.68. The molecule has 0 spiro atoms. The van der Waals surface area contributed by atoms with Gasteiger partial charge in [-0.25, -0.2) is 4.79 Å². The van der Waals surface area contributed by atoms with Gasteiger partial charge >= 0.3 is 6.03 Å². The first-order valence-corrected chi connectivity index (χ1v) is 9.85. The molecule has 3 rings (SSSR count). The summed E-state index contributed by atoms with van der Waals surface area (Å²) in [5.41, 5.74) is 5.35. The van der Waals surface area contributed by atoms with Gasteiger partial charge in [-0.3, -0.25) is 0 Å². The lowest BCUT2D eigenvalue weighted by Crippen LogP contribution is -2.48. The fourth-order valence-corrected chi connectivity index (χ4v) is 3.80. The SMILES string of the molecule is Cc1cc(C)cc(C(C)NC(=O)NC2CCN(c3ccc(C#N)cc3)CC2)c1. The number of rotatable bonds is 4. The predicted molar refractivity (Wildman–Crippen MR) is 112 cm³/mol. The molecule has 0 saturated carbocycles. The first kappa shape index (κ1) is 19.8. The maximum absolute atomic E-state index is 12.4. The number of urea groups is 1. The van der Waals surface area contributed by atoms with E-state index in [9.17, 15) is 4.79 Å². The number of benzene rings is 2. The lowest BCUT2D eigenvalue weighted by Gasteiger charge is -2.34. The van der Waals surface area contributed by atoms with Crippen LogP contribution in [-0.2, 0) is 0 Å². The van der Waals surface area contributed by atoms with Crippen molar-refractivity contribution in [1.82, 2.24) is 10.6 Å². The van der Waals surface area contributed by atoms with Gasteiger partial charge in [0, 0.05) is 24.8 Å². The summed E-state index contributed by atoms with van der Waals surface area (Å²) in [4.78, 5) is 14.7. The van der Waals surface area contributed by atoms with E-state index < -0.39 is 0 Å². The number of aryl methyl sites for hydroxylation is 2. The molecule has 1 aliphatic rings. The Balaban J connectivity index is 1.48. The van der Waals surface area contributed by atoms with Crippen LogP contribution in [0.3, 0.4) is 0 Å². The first-order chi connectivity index (χ1) is 13.4. The number of carbonyl (C=O) groups is 1. The third-order valence-corrected chi connectivity index (χ3v) is 5.28. The Kier molecular flexibility index (Phi) is 6.20. The quantitative estimate of drug-likeness (QED) is 0.840. The van der Waals surface area contributed by atoms with Crippen LogP contribution in [0.5, 0.6) is 0 Å². The van der Waals surface area contributed by atoms with Gasteiger partial charge in [0.15, 0.2) is 0 Å². The highest BCUT2D eigenvalue weighted by Crippen LogP contribution is 2.21. The van der Waals surface area contributed by atoms with Crippen LogP contribution < -0.4 is 15.5 Å². The number of hydrogen-bond acceptors (Lipinski definition) is 3. The largest absolute Gasteiger partial charge is 0.371 e. The standard InChI is InChI=1S/C23H28N4O/c1-16-12-17(2)14-20(13-16)18(3)25-23(28)26-21-8-10-27(11-9-21)22-6-4-19(15-24)5-7-22/h4-7,12-14,18,21H,8-11H2,1-3H3,(H2,25,26,28). The van der Waals surface area contributed by atoms with Crippen molar-refractivity contribution in [3.63, 3.8) is 0 Å². The summed E-state index contributed by atoms with van der Waals surface area (Å²) < 4.78 is 0. The van der Waals surface area contributed by atoms with Crippen LogP contribution in [0.1, 0.15) is 48.1 Å². The average Bonchev–Trinajstić information content (AvgIpc) is 2.68. The molecular weight excluding hydrogens is 348 g/mol. The normalized spacial score (nSPS) is 15.6. The van der Waals surface area contributed by atoms with Crippen molar-refractivity contribution in [2.75, 3.05) is 18.0 Å². The van der Waals surface area contributed by atoms with Gasteiger partial charge in [0.25, 0.3) is 0 Å². The van der Waals surface area contributed by atoms with Crippen LogP contribution in [0.4, 0.5) is 10.5 Å². The maximum atomic E-state index is 12.4. The topological polar surface area (TPSA) is 68.2 Å². The van der Waals surface area contributed by atoms with E-state index in [1.54, 1.807) is 0 Å². The molecule has 2 aromatic rings. The van der Waals surface area contributed by atoms with Crippen molar-refractivity contribution in [3.05, 3.63) is 64.7 Å². The second-order valence-corrected chi connectivity index (χ2v) is 7.68. The number of amides is 2. The molecule has 1 unspecified atom stereocenters. The Morgan fingerprint density at radius 3 is 2.29 bits per heavy atom. The molecule has 2 amide bonds. The maximum Gasteiger partial charge on any atom is 0.315 e. The van der Waals surface area contributed by atoms with Gasteiger partial charge in [0.2, 0.25) is 0 Å². The molecule has 5 heteroatoms. The van der Waals surface area contributed by atoms with Crippen molar-refractivity contribution in [2.45, 2.75) is 45.7 Å². The Hall–Kier alpha value is -3.00. The lowest BCUT2D eigenvalue weighted by molar-refractivity contribution is 0.231.